The van der Waals surface area contributed by atoms with Crippen molar-refractivity contribution in [3.8, 4) is 5.88 Å². The smallest absolute Gasteiger partial charge is 0.212 e. The molecule has 0 aliphatic carbocycles. The summed E-state index contributed by atoms with van der Waals surface area (Å²) in [5.74, 6) is 0.333. The van der Waals surface area contributed by atoms with Crippen LogP contribution < -0.4 is 10.1 Å². The van der Waals surface area contributed by atoms with Gasteiger partial charge in [0, 0.05) is 24.2 Å². The highest BCUT2D eigenvalue weighted by molar-refractivity contribution is 5.40. The van der Waals surface area contributed by atoms with Crippen LogP contribution in [0.2, 0.25) is 0 Å². The Bertz CT molecular complexity index is 608. The lowest BCUT2D eigenvalue weighted by Crippen LogP contribution is -2.18. The van der Waals surface area contributed by atoms with Gasteiger partial charge < -0.3 is 10.1 Å². The Balaban J connectivity index is 2.13. The summed E-state index contributed by atoms with van der Waals surface area (Å²) in [5, 5.41) is 2.97. The molecule has 0 saturated heterocycles. The first-order valence-electron chi connectivity index (χ1n) is 6.65. The predicted octanol–water partition coefficient (Wildman–Crippen LogP) is 2.93. The fourth-order valence-electron chi connectivity index (χ4n) is 1.84. The minimum absolute atomic E-state index is 0.200. The average Bonchev–Trinajstić information content (AvgIpc) is 2.45. The molecule has 0 fully saturated rings. The molecule has 0 bridgehead atoms. The number of nitrogens with one attached hydrogen (secondary N) is 1. The van der Waals surface area contributed by atoms with Gasteiger partial charge in [-0.25, -0.2) is 19.3 Å². The lowest BCUT2D eigenvalue weighted by molar-refractivity contribution is 0.397. The molecular formula is C15H19FN4O. The number of hydrogen-bond acceptors (Lipinski definition) is 5. The lowest BCUT2D eigenvalue weighted by atomic mass is 9.91. The molecule has 0 aliphatic heterocycles. The highest BCUT2D eigenvalue weighted by Gasteiger charge is 2.22. The average molecular weight is 290 g/mol. The normalized spacial score (nSPS) is 11.3. The molecule has 112 valence electrons. The topological polar surface area (TPSA) is 59.9 Å². The van der Waals surface area contributed by atoms with E-state index >= 15 is 0 Å². The van der Waals surface area contributed by atoms with E-state index in [1.54, 1.807) is 19.4 Å². The van der Waals surface area contributed by atoms with E-state index in [1.165, 1.54) is 6.33 Å². The molecule has 2 aromatic heterocycles. The number of rotatable bonds is 4. The Labute approximate surface area is 123 Å². The fraction of sp³-hybridized carbons (Fsp3) is 0.400. The van der Waals surface area contributed by atoms with Crippen molar-refractivity contribution in [3.63, 3.8) is 0 Å². The number of nitrogens with zero attached hydrogens (tertiary/aromatic N) is 3. The highest BCUT2D eigenvalue weighted by atomic mass is 19.1. The standard InChI is InChI=1S/C15H19FN4O/c1-15(2,3)13-12(16)14(20-9-19-13)18-8-10-5-6-11(21-4)17-7-10/h5-7,9H,8H2,1-4H3,(H,18,19,20). The molecular weight excluding hydrogens is 271 g/mol. The molecule has 1 N–H and O–H groups in total. The second kappa shape index (κ2) is 6.03. The second-order valence-corrected chi connectivity index (χ2v) is 5.70. The quantitative estimate of drug-likeness (QED) is 0.938. The van der Waals surface area contributed by atoms with Crippen LogP contribution in [-0.2, 0) is 12.0 Å². The van der Waals surface area contributed by atoms with Crippen molar-refractivity contribution in [1.82, 2.24) is 15.0 Å². The zero-order chi connectivity index (χ0) is 15.5. The van der Waals surface area contributed by atoms with Gasteiger partial charge in [0.25, 0.3) is 0 Å². The molecule has 6 heteroatoms. The van der Waals surface area contributed by atoms with Gasteiger partial charge in [0.05, 0.1) is 12.8 Å². The minimum atomic E-state index is -0.411. The van der Waals surface area contributed by atoms with Gasteiger partial charge in [-0.1, -0.05) is 26.8 Å². The van der Waals surface area contributed by atoms with E-state index in [-0.39, 0.29) is 11.2 Å². The van der Waals surface area contributed by atoms with Gasteiger partial charge in [-0.2, -0.15) is 0 Å². The van der Waals surface area contributed by atoms with E-state index in [4.69, 9.17) is 4.74 Å². The van der Waals surface area contributed by atoms with Gasteiger partial charge >= 0.3 is 0 Å². The summed E-state index contributed by atoms with van der Waals surface area (Å²) >= 11 is 0. The molecule has 21 heavy (non-hydrogen) atoms. The van der Waals surface area contributed by atoms with Crippen LogP contribution in [0.3, 0.4) is 0 Å². The molecule has 0 saturated carbocycles. The maximum absolute atomic E-state index is 14.4. The van der Waals surface area contributed by atoms with Crippen molar-refractivity contribution < 1.29 is 9.13 Å². The zero-order valence-corrected chi connectivity index (χ0v) is 12.6. The number of hydrogen-bond donors (Lipinski definition) is 1. The van der Waals surface area contributed by atoms with Crippen LogP contribution in [0.1, 0.15) is 32.0 Å². The molecule has 0 spiro atoms. The molecule has 5 nitrogen and oxygen atoms in total. The molecule has 2 aromatic rings. The van der Waals surface area contributed by atoms with Crippen molar-refractivity contribution in [2.45, 2.75) is 32.7 Å². The van der Waals surface area contributed by atoms with Crippen molar-refractivity contribution in [1.29, 1.82) is 0 Å². The fourth-order valence-corrected chi connectivity index (χ4v) is 1.84. The Kier molecular flexibility index (Phi) is 4.35. The molecule has 0 atom stereocenters. The number of halogens is 1. The van der Waals surface area contributed by atoms with Gasteiger partial charge in [-0.3, -0.25) is 0 Å². The SMILES string of the molecule is COc1ccc(CNc2ncnc(C(C)(C)C)c2F)cn1. The van der Waals surface area contributed by atoms with Gasteiger partial charge in [0.1, 0.15) is 6.33 Å². The molecule has 0 unspecified atom stereocenters. The number of ether oxygens (including phenoxy) is 1. The summed E-state index contributed by atoms with van der Waals surface area (Å²) in [4.78, 5) is 12.1. The molecule has 0 radical (unpaired) electrons. The van der Waals surface area contributed by atoms with Crippen LogP contribution >= 0.6 is 0 Å². The van der Waals surface area contributed by atoms with Gasteiger partial charge in [0.15, 0.2) is 11.6 Å². The minimum Gasteiger partial charge on any atom is -0.481 e. The summed E-state index contributed by atoms with van der Waals surface area (Å²) in [5.41, 5.74) is 0.935. The maximum atomic E-state index is 14.4. The summed E-state index contributed by atoms with van der Waals surface area (Å²) in [6, 6.07) is 3.62. The van der Waals surface area contributed by atoms with Crippen LogP contribution in [-0.4, -0.2) is 22.1 Å². The molecule has 0 aliphatic rings. The largest absolute Gasteiger partial charge is 0.481 e. The maximum Gasteiger partial charge on any atom is 0.212 e. The van der Waals surface area contributed by atoms with Crippen LogP contribution in [0.15, 0.2) is 24.7 Å². The summed E-state index contributed by atoms with van der Waals surface area (Å²) in [6.45, 7) is 6.16. The third-order valence-corrected chi connectivity index (χ3v) is 2.97. The first kappa shape index (κ1) is 15.2. The molecule has 2 heterocycles. The summed E-state index contributed by atoms with van der Waals surface area (Å²) in [6.07, 6.45) is 3.05. The third-order valence-electron chi connectivity index (χ3n) is 2.97. The van der Waals surface area contributed by atoms with Crippen molar-refractivity contribution in [2.75, 3.05) is 12.4 Å². The molecule has 2 rings (SSSR count). The second-order valence-electron chi connectivity index (χ2n) is 5.70. The Hall–Kier alpha value is -2.24. The van der Waals surface area contributed by atoms with Crippen molar-refractivity contribution >= 4 is 5.82 Å². The number of pyridine rings is 1. The summed E-state index contributed by atoms with van der Waals surface area (Å²) in [7, 11) is 1.56. The van der Waals surface area contributed by atoms with E-state index in [0.717, 1.165) is 5.56 Å². The molecule has 0 aromatic carbocycles. The lowest BCUT2D eigenvalue weighted by Gasteiger charge is -2.19. The number of anilines is 1. The van der Waals surface area contributed by atoms with Crippen LogP contribution in [0.5, 0.6) is 5.88 Å². The van der Waals surface area contributed by atoms with E-state index in [9.17, 15) is 4.39 Å². The summed E-state index contributed by atoms with van der Waals surface area (Å²) < 4.78 is 19.4. The van der Waals surface area contributed by atoms with Crippen LogP contribution in [0, 0.1) is 5.82 Å². The zero-order valence-electron chi connectivity index (χ0n) is 12.6. The third kappa shape index (κ3) is 3.65. The predicted molar refractivity (Wildman–Crippen MR) is 78.8 cm³/mol. The molecule has 0 amide bonds. The number of aromatic nitrogens is 3. The van der Waals surface area contributed by atoms with E-state index in [0.29, 0.717) is 18.1 Å². The van der Waals surface area contributed by atoms with Crippen LogP contribution in [0.4, 0.5) is 10.2 Å². The highest BCUT2D eigenvalue weighted by Crippen LogP contribution is 2.25. The van der Waals surface area contributed by atoms with Crippen molar-refractivity contribution in [3.05, 3.63) is 41.7 Å². The Morgan fingerprint density at radius 1 is 1.19 bits per heavy atom. The number of methoxy groups -OCH3 is 1. The Morgan fingerprint density at radius 3 is 2.52 bits per heavy atom. The van der Waals surface area contributed by atoms with E-state index in [2.05, 4.69) is 20.3 Å². The van der Waals surface area contributed by atoms with E-state index in [1.807, 2.05) is 26.8 Å². The van der Waals surface area contributed by atoms with Gasteiger partial charge in [0.2, 0.25) is 5.88 Å². The van der Waals surface area contributed by atoms with Crippen LogP contribution in [0.25, 0.3) is 0 Å². The van der Waals surface area contributed by atoms with Crippen molar-refractivity contribution in [2.24, 2.45) is 0 Å². The van der Waals surface area contributed by atoms with Gasteiger partial charge in [-0.05, 0) is 5.56 Å². The van der Waals surface area contributed by atoms with E-state index < -0.39 is 5.82 Å². The first-order chi connectivity index (χ1) is 9.91. The first-order valence-corrected chi connectivity index (χ1v) is 6.65. The Morgan fingerprint density at radius 2 is 1.95 bits per heavy atom. The van der Waals surface area contributed by atoms with Gasteiger partial charge in [-0.15, -0.1) is 0 Å². The monoisotopic (exact) mass is 290 g/mol.